The first kappa shape index (κ1) is 12.7. The molecule has 2 aromatic carbocycles. The van der Waals surface area contributed by atoms with Gasteiger partial charge in [0.2, 0.25) is 0 Å². The number of ether oxygens (including phenoxy) is 1. The molecule has 1 unspecified atom stereocenters. The summed E-state index contributed by atoms with van der Waals surface area (Å²) in [5.74, 6) is 0.741. The first-order valence-corrected chi connectivity index (χ1v) is 6.16. The van der Waals surface area contributed by atoms with E-state index < -0.39 is 6.10 Å². The summed E-state index contributed by atoms with van der Waals surface area (Å²) in [5.41, 5.74) is 2.89. The van der Waals surface area contributed by atoms with Crippen LogP contribution in [0.25, 0.3) is 0 Å². The fraction of sp³-hybridized carbons (Fsp3) is 0.250. The second-order valence-electron chi connectivity index (χ2n) is 4.24. The monoisotopic (exact) mass is 242 g/mol. The van der Waals surface area contributed by atoms with Crippen LogP contribution in [0.1, 0.15) is 29.7 Å². The molecular formula is C16H18O2. The molecule has 0 amide bonds. The molecular weight excluding hydrogens is 224 g/mol. The van der Waals surface area contributed by atoms with Gasteiger partial charge >= 0.3 is 0 Å². The minimum atomic E-state index is -0.646. The molecule has 0 saturated carbocycles. The maximum atomic E-state index is 10.4. The van der Waals surface area contributed by atoms with E-state index in [0.717, 1.165) is 23.3 Å². The molecule has 1 N–H and O–H groups in total. The zero-order valence-electron chi connectivity index (χ0n) is 10.8. The topological polar surface area (TPSA) is 29.5 Å². The quantitative estimate of drug-likeness (QED) is 0.891. The molecule has 0 radical (unpaired) electrons. The van der Waals surface area contributed by atoms with Crippen molar-refractivity contribution >= 4 is 0 Å². The van der Waals surface area contributed by atoms with Crippen molar-refractivity contribution in [2.45, 2.75) is 19.4 Å². The van der Waals surface area contributed by atoms with E-state index in [0.29, 0.717) is 0 Å². The Bertz CT molecular complexity index is 506. The van der Waals surface area contributed by atoms with E-state index >= 15 is 0 Å². The Hall–Kier alpha value is -1.80. The van der Waals surface area contributed by atoms with Crippen LogP contribution in [-0.2, 0) is 6.42 Å². The van der Waals surface area contributed by atoms with Gasteiger partial charge in [0, 0.05) is 5.56 Å². The van der Waals surface area contributed by atoms with E-state index in [9.17, 15) is 5.11 Å². The average Bonchev–Trinajstić information content (AvgIpc) is 2.46. The largest absolute Gasteiger partial charge is 0.496 e. The first-order valence-electron chi connectivity index (χ1n) is 6.16. The average molecular weight is 242 g/mol. The van der Waals surface area contributed by atoms with Crippen LogP contribution in [0.3, 0.4) is 0 Å². The maximum Gasteiger partial charge on any atom is 0.125 e. The summed E-state index contributed by atoms with van der Waals surface area (Å²) >= 11 is 0. The number of aryl methyl sites for hydroxylation is 1. The minimum absolute atomic E-state index is 0.646. The van der Waals surface area contributed by atoms with Crippen LogP contribution in [-0.4, -0.2) is 12.2 Å². The second kappa shape index (κ2) is 5.69. The third kappa shape index (κ3) is 2.54. The Balaban J connectivity index is 2.38. The Morgan fingerprint density at radius 1 is 1.11 bits per heavy atom. The van der Waals surface area contributed by atoms with Gasteiger partial charge in [-0.2, -0.15) is 0 Å². The van der Waals surface area contributed by atoms with Gasteiger partial charge in [-0.1, -0.05) is 49.4 Å². The number of hydrogen-bond donors (Lipinski definition) is 1. The van der Waals surface area contributed by atoms with Crippen LogP contribution >= 0.6 is 0 Å². The van der Waals surface area contributed by atoms with E-state index in [1.165, 1.54) is 5.56 Å². The SMILES string of the molecule is CCc1ccc(C(O)c2ccccc2)c(OC)c1. The Labute approximate surface area is 108 Å². The molecule has 0 fully saturated rings. The fourth-order valence-electron chi connectivity index (χ4n) is 2.02. The van der Waals surface area contributed by atoms with Gasteiger partial charge in [-0.15, -0.1) is 0 Å². The van der Waals surface area contributed by atoms with Crippen LogP contribution in [0, 0.1) is 0 Å². The summed E-state index contributed by atoms with van der Waals surface area (Å²) in [7, 11) is 1.63. The predicted molar refractivity (Wildman–Crippen MR) is 72.9 cm³/mol. The summed E-state index contributed by atoms with van der Waals surface area (Å²) in [4.78, 5) is 0. The molecule has 2 nitrogen and oxygen atoms in total. The van der Waals surface area contributed by atoms with E-state index in [4.69, 9.17) is 4.74 Å². The summed E-state index contributed by atoms with van der Waals surface area (Å²) in [6.45, 7) is 2.10. The zero-order chi connectivity index (χ0) is 13.0. The molecule has 2 heteroatoms. The standard InChI is InChI=1S/C16H18O2/c1-3-12-9-10-14(15(11-12)18-2)16(17)13-7-5-4-6-8-13/h4-11,16-17H,3H2,1-2H3. The molecule has 94 valence electrons. The van der Waals surface area contributed by atoms with Gasteiger partial charge in [-0.05, 0) is 23.6 Å². The maximum absolute atomic E-state index is 10.4. The molecule has 0 aromatic heterocycles. The molecule has 0 saturated heterocycles. The first-order chi connectivity index (χ1) is 8.76. The van der Waals surface area contributed by atoms with E-state index in [2.05, 4.69) is 6.92 Å². The molecule has 0 heterocycles. The lowest BCUT2D eigenvalue weighted by Crippen LogP contribution is -2.02. The summed E-state index contributed by atoms with van der Waals surface area (Å²) < 4.78 is 5.37. The lowest BCUT2D eigenvalue weighted by Gasteiger charge is -2.16. The number of hydrogen-bond acceptors (Lipinski definition) is 2. The van der Waals surface area contributed by atoms with Crippen molar-refractivity contribution in [1.82, 2.24) is 0 Å². The van der Waals surface area contributed by atoms with Gasteiger partial charge < -0.3 is 9.84 Å². The van der Waals surface area contributed by atoms with Crippen molar-refractivity contribution < 1.29 is 9.84 Å². The molecule has 0 spiro atoms. The number of aliphatic hydroxyl groups is 1. The molecule has 2 aromatic rings. The van der Waals surface area contributed by atoms with Gasteiger partial charge in [-0.3, -0.25) is 0 Å². The molecule has 2 rings (SSSR count). The number of methoxy groups -OCH3 is 1. The second-order valence-corrected chi connectivity index (χ2v) is 4.24. The van der Waals surface area contributed by atoms with Crippen LogP contribution in [0.2, 0.25) is 0 Å². The number of benzene rings is 2. The molecule has 1 atom stereocenters. The van der Waals surface area contributed by atoms with Crippen molar-refractivity contribution in [3.8, 4) is 5.75 Å². The molecule has 18 heavy (non-hydrogen) atoms. The van der Waals surface area contributed by atoms with Crippen molar-refractivity contribution in [1.29, 1.82) is 0 Å². The number of aliphatic hydroxyl groups excluding tert-OH is 1. The van der Waals surface area contributed by atoms with Gasteiger partial charge in [0.25, 0.3) is 0 Å². The lowest BCUT2D eigenvalue weighted by molar-refractivity contribution is 0.214. The van der Waals surface area contributed by atoms with Crippen molar-refractivity contribution in [2.24, 2.45) is 0 Å². The van der Waals surface area contributed by atoms with Crippen molar-refractivity contribution in [2.75, 3.05) is 7.11 Å². The highest BCUT2D eigenvalue weighted by molar-refractivity contribution is 5.42. The van der Waals surface area contributed by atoms with Crippen LogP contribution < -0.4 is 4.74 Å². The Kier molecular flexibility index (Phi) is 4.00. The Morgan fingerprint density at radius 2 is 1.83 bits per heavy atom. The van der Waals surface area contributed by atoms with Crippen molar-refractivity contribution in [3.63, 3.8) is 0 Å². The van der Waals surface area contributed by atoms with Gasteiger partial charge in [-0.25, -0.2) is 0 Å². The molecule has 0 aliphatic heterocycles. The molecule has 0 bridgehead atoms. The van der Waals surface area contributed by atoms with Gasteiger partial charge in [0.15, 0.2) is 0 Å². The fourth-order valence-corrected chi connectivity index (χ4v) is 2.02. The highest BCUT2D eigenvalue weighted by Gasteiger charge is 2.15. The third-order valence-electron chi connectivity index (χ3n) is 3.12. The molecule has 0 aliphatic carbocycles. The zero-order valence-corrected chi connectivity index (χ0v) is 10.8. The minimum Gasteiger partial charge on any atom is -0.496 e. The van der Waals surface area contributed by atoms with E-state index in [1.807, 2.05) is 48.5 Å². The Morgan fingerprint density at radius 3 is 2.44 bits per heavy atom. The highest BCUT2D eigenvalue weighted by Crippen LogP contribution is 2.30. The van der Waals surface area contributed by atoms with Gasteiger partial charge in [0.05, 0.1) is 7.11 Å². The lowest BCUT2D eigenvalue weighted by atomic mass is 9.99. The van der Waals surface area contributed by atoms with E-state index in [1.54, 1.807) is 7.11 Å². The summed E-state index contributed by atoms with van der Waals surface area (Å²) in [6, 6.07) is 15.6. The summed E-state index contributed by atoms with van der Waals surface area (Å²) in [6.07, 6.45) is 0.310. The van der Waals surface area contributed by atoms with E-state index in [-0.39, 0.29) is 0 Å². The predicted octanol–water partition coefficient (Wildman–Crippen LogP) is 3.34. The van der Waals surface area contributed by atoms with Crippen molar-refractivity contribution in [3.05, 3.63) is 65.2 Å². The highest BCUT2D eigenvalue weighted by atomic mass is 16.5. The van der Waals surface area contributed by atoms with Gasteiger partial charge in [0.1, 0.15) is 11.9 Å². The van der Waals surface area contributed by atoms with Crippen LogP contribution in [0.4, 0.5) is 0 Å². The molecule has 0 aliphatic rings. The van der Waals surface area contributed by atoms with Crippen LogP contribution in [0.5, 0.6) is 5.75 Å². The smallest absolute Gasteiger partial charge is 0.125 e. The number of rotatable bonds is 4. The summed E-state index contributed by atoms with van der Waals surface area (Å²) in [5, 5.41) is 10.4. The van der Waals surface area contributed by atoms with Crippen LogP contribution in [0.15, 0.2) is 48.5 Å². The normalized spacial score (nSPS) is 12.2. The third-order valence-corrected chi connectivity index (χ3v) is 3.12.